The van der Waals surface area contributed by atoms with Crippen LogP contribution in [0.2, 0.25) is 20.1 Å². The van der Waals surface area contributed by atoms with Gasteiger partial charge in [0.15, 0.2) is 0 Å². The number of para-hydroxylation sites is 1. The third-order valence-corrected chi connectivity index (χ3v) is 14.2. The Balaban J connectivity index is 0.000000161. The Hall–Kier alpha value is -5.69. The highest BCUT2D eigenvalue weighted by atomic mass is 35.5. The molecule has 2 aromatic carbocycles. The van der Waals surface area contributed by atoms with Gasteiger partial charge in [0.2, 0.25) is 11.9 Å². The van der Waals surface area contributed by atoms with Crippen molar-refractivity contribution in [1.82, 2.24) is 44.0 Å². The molecule has 362 valence electrons. The summed E-state index contributed by atoms with van der Waals surface area (Å²) >= 11 is 22.8. The quantitative estimate of drug-likeness (QED) is 0.145. The minimum Gasteiger partial charge on any atom is -0.478 e. The first-order valence-electron chi connectivity index (χ1n) is 22.8. The van der Waals surface area contributed by atoms with Crippen molar-refractivity contribution in [2.75, 3.05) is 62.7 Å². The monoisotopic (exact) mass is 1020 g/mol. The highest BCUT2D eigenvalue weighted by Crippen LogP contribution is 2.38. The van der Waals surface area contributed by atoms with Crippen LogP contribution in [0.15, 0.2) is 99.6 Å². The molecule has 17 nitrogen and oxygen atoms in total. The fraction of sp³-hybridized carbons (Fsp3) is 0.396. The van der Waals surface area contributed by atoms with E-state index in [2.05, 4.69) is 38.3 Å². The Morgan fingerprint density at radius 2 is 1.38 bits per heavy atom. The van der Waals surface area contributed by atoms with Crippen molar-refractivity contribution >= 4 is 64.3 Å². The van der Waals surface area contributed by atoms with Crippen molar-refractivity contribution < 1.29 is 14.6 Å². The Bertz CT molecular complexity index is 2930. The van der Waals surface area contributed by atoms with E-state index < -0.39 is 17.1 Å². The SMILES string of the molecule is CC1CCC(c2nc(NCCN3CCOCC3)nc(N3CC4CC(C3)c3cccc(=O)n3C4)n2)CC1.O=C(O)c1ccc(-n2ncc(Cl)c(Cl)c2=O)cc1.O=c1c(Cl)c(Cl)cnn1-c1ccccc1. The van der Waals surface area contributed by atoms with Crippen LogP contribution in [-0.2, 0) is 11.3 Å². The Morgan fingerprint density at radius 3 is 2.01 bits per heavy atom. The lowest BCUT2D eigenvalue weighted by Gasteiger charge is -2.42. The van der Waals surface area contributed by atoms with E-state index in [9.17, 15) is 19.2 Å². The number of aromatic nitrogens is 8. The number of carboxylic acids is 1. The van der Waals surface area contributed by atoms with Crippen LogP contribution in [0.5, 0.6) is 0 Å². The van der Waals surface area contributed by atoms with Gasteiger partial charge in [0.1, 0.15) is 15.9 Å². The highest BCUT2D eigenvalue weighted by molar-refractivity contribution is 6.42. The van der Waals surface area contributed by atoms with Crippen molar-refractivity contribution in [3.63, 3.8) is 0 Å². The van der Waals surface area contributed by atoms with Gasteiger partial charge in [0.25, 0.3) is 16.7 Å². The normalized spacial score (nSPS) is 19.8. The van der Waals surface area contributed by atoms with Gasteiger partial charge in [-0.25, -0.2) is 4.79 Å². The number of nitrogens with one attached hydrogen (secondary N) is 1. The Labute approximate surface area is 417 Å². The van der Waals surface area contributed by atoms with Gasteiger partial charge < -0.3 is 24.6 Å². The van der Waals surface area contributed by atoms with Crippen molar-refractivity contribution in [3.05, 3.63) is 153 Å². The van der Waals surface area contributed by atoms with Crippen LogP contribution in [-0.4, -0.2) is 108 Å². The number of aromatic carboxylic acids is 1. The number of hydrogen-bond donors (Lipinski definition) is 2. The zero-order valence-corrected chi connectivity index (χ0v) is 40.8. The summed E-state index contributed by atoms with van der Waals surface area (Å²) in [6.45, 7) is 10.2. The van der Waals surface area contributed by atoms with E-state index in [4.69, 9.17) is 71.2 Å². The predicted octanol–water partition coefficient (Wildman–Crippen LogP) is 7.47. The summed E-state index contributed by atoms with van der Waals surface area (Å²) < 4.78 is 9.71. The number of morpholine rings is 1. The standard InChI is InChI=1S/C27H39N7O2.C11H6Cl2N2O3.C10H6Cl2N2O/c1-19-5-7-21(8-6-19)25-29-26(28-9-10-32-11-13-36-14-12-32)31-27(30-25)33-16-20-15-22(18-33)23-3-2-4-24(35)34(23)17-20;12-8-5-14-15(10(16)9(8)13)7-3-1-6(2-4-7)11(17)18;11-8-6-13-14(10(15)9(8)12)7-4-2-1-3-5-7/h2-4,19-22H,5-18H2,1H3,(H,28,29,30,31);1-5H,(H,17,18);1-6H. The number of benzene rings is 2. The van der Waals surface area contributed by atoms with E-state index >= 15 is 0 Å². The fourth-order valence-electron chi connectivity index (χ4n) is 9.02. The summed E-state index contributed by atoms with van der Waals surface area (Å²) in [6, 6.07) is 20.4. The van der Waals surface area contributed by atoms with Gasteiger partial charge in [0.05, 0.1) is 52.6 Å². The smallest absolute Gasteiger partial charge is 0.335 e. The van der Waals surface area contributed by atoms with E-state index in [-0.39, 0.29) is 31.2 Å². The van der Waals surface area contributed by atoms with Crippen LogP contribution in [0, 0.1) is 11.8 Å². The first kappa shape index (κ1) is 49.7. The molecular formula is C48H51Cl4N11O6. The van der Waals surface area contributed by atoms with E-state index in [1.807, 2.05) is 28.8 Å². The molecule has 1 aliphatic carbocycles. The van der Waals surface area contributed by atoms with Gasteiger partial charge in [0, 0.05) is 69.4 Å². The molecule has 2 atom stereocenters. The van der Waals surface area contributed by atoms with Gasteiger partial charge in [-0.1, -0.05) is 90.4 Å². The maximum atomic E-state index is 12.4. The molecule has 4 aromatic heterocycles. The maximum Gasteiger partial charge on any atom is 0.335 e. The summed E-state index contributed by atoms with van der Waals surface area (Å²) in [5, 5.41) is 20.1. The maximum absolute atomic E-state index is 12.4. The van der Waals surface area contributed by atoms with Crippen LogP contribution < -0.4 is 26.9 Å². The minimum absolute atomic E-state index is 0.0180. The average molecular weight is 1020 g/mol. The van der Waals surface area contributed by atoms with Crippen LogP contribution in [0.3, 0.4) is 0 Å². The number of nitrogens with zero attached hydrogens (tertiary/aromatic N) is 10. The molecule has 2 bridgehead atoms. The molecule has 1 saturated carbocycles. The molecule has 3 fully saturated rings. The Morgan fingerprint density at radius 1 is 0.739 bits per heavy atom. The molecule has 0 spiro atoms. The van der Waals surface area contributed by atoms with Crippen LogP contribution in [0.4, 0.5) is 11.9 Å². The van der Waals surface area contributed by atoms with Crippen LogP contribution >= 0.6 is 46.4 Å². The topological polar surface area (TPSA) is 195 Å². The first-order valence-corrected chi connectivity index (χ1v) is 24.3. The highest BCUT2D eigenvalue weighted by Gasteiger charge is 2.36. The second kappa shape index (κ2) is 22.8. The van der Waals surface area contributed by atoms with Crippen molar-refractivity contribution in [3.8, 4) is 11.4 Å². The molecule has 0 amide bonds. The molecule has 2 N–H and O–H groups in total. The summed E-state index contributed by atoms with van der Waals surface area (Å²) in [6.07, 6.45) is 8.51. The number of hydrogen-bond acceptors (Lipinski definition) is 13. The molecule has 2 saturated heterocycles. The minimum atomic E-state index is -1.05. The zero-order valence-electron chi connectivity index (χ0n) is 37.8. The molecule has 0 radical (unpaired) electrons. The number of ether oxygens (including phenoxy) is 1. The summed E-state index contributed by atoms with van der Waals surface area (Å²) in [4.78, 5) is 66.3. The van der Waals surface area contributed by atoms with E-state index in [1.165, 1.54) is 54.2 Å². The van der Waals surface area contributed by atoms with Gasteiger partial charge in [-0.05, 0) is 73.6 Å². The van der Waals surface area contributed by atoms with Crippen LogP contribution in [0.25, 0.3) is 11.4 Å². The lowest BCUT2D eigenvalue weighted by atomic mass is 9.82. The Kier molecular flexibility index (Phi) is 16.4. The number of carboxylic acid groups (broad SMARTS) is 1. The summed E-state index contributed by atoms with van der Waals surface area (Å²) in [7, 11) is 0. The second-order valence-electron chi connectivity index (χ2n) is 17.5. The van der Waals surface area contributed by atoms with Gasteiger partial charge in [-0.2, -0.15) is 34.5 Å². The van der Waals surface area contributed by atoms with Gasteiger partial charge in [-0.3, -0.25) is 19.3 Å². The van der Waals surface area contributed by atoms with Crippen molar-refractivity contribution in [1.29, 1.82) is 0 Å². The third kappa shape index (κ3) is 12.2. The van der Waals surface area contributed by atoms with Crippen molar-refractivity contribution in [2.45, 2.75) is 57.4 Å². The van der Waals surface area contributed by atoms with E-state index in [1.54, 1.807) is 18.2 Å². The summed E-state index contributed by atoms with van der Waals surface area (Å²) in [5.41, 5.74) is 1.47. The summed E-state index contributed by atoms with van der Waals surface area (Å²) in [5.74, 6) is 3.38. The van der Waals surface area contributed by atoms with E-state index in [0.717, 1.165) is 106 Å². The first-order chi connectivity index (χ1) is 33.3. The molecular weight excluding hydrogens is 968 g/mol. The number of piperidine rings is 1. The number of carbonyl (C=O) groups is 1. The molecule has 4 aliphatic rings. The number of halogens is 4. The van der Waals surface area contributed by atoms with Gasteiger partial charge >= 0.3 is 5.97 Å². The van der Waals surface area contributed by atoms with Crippen LogP contribution in [0.1, 0.15) is 72.7 Å². The number of pyridine rings is 1. The fourth-order valence-corrected chi connectivity index (χ4v) is 9.53. The number of rotatable bonds is 9. The number of fused-ring (bicyclic) bond motifs is 4. The average Bonchev–Trinajstić information content (AvgIpc) is 3.36. The lowest BCUT2D eigenvalue weighted by molar-refractivity contribution is 0.0398. The van der Waals surface area contributed by atoms with Gasteiger partial charge in [-0.15, -0.1) is 0 Å². The second-order valence-corrected chi connectivity index (χ2v) is 19.1. The molecule has 2 unspecified atom stereocenters. The number of anilines is 2. The van der Waals surface area contributed by atoms with E-state index in [0.29, 0.717) is 35.1 Å². The lowest BCUT2D eigenvalue weighted by Crippen LogP contribution is -2.47. The molecule has 21 heteroatoms. The zero-order chi connectivity index (χ0) is 48.6. The molecule has 7 heterocycles. The third-order valence-electron chi connectivity index (χ3n) is 12.7. The largest absolute Gasteiger partial charge is 0.478 e. The molecule has 3 aliphatic heterocycles. The molecule has 6 aromatic rings. The molecule has 10 rings (SSSR count). The van der Waals surface area contributed by atoms with Crippen molar-refractivity contribution in [2.24, 2.45) is 11.8 Å². The predicted molar refractivity (Wildman–Crippen MR) is 266 cm³/mol. The molecule has 69 heavy (non-hydrogen) atoms.